The molecule has 9 heteroatoms. The van der Waals surface area contributed by atoms with Gasteiger partial charge in [-0.05, 0) is 47.5 Å². The predicted molar refractivity (Wildman–Crippen MR) is 88.1 cm³/mol. The first-order valence-corrected chi connectivity index (χ1v) is 9.86. The van der Waals surface area contributed by atoms with Gasteiger partial charge >= 0.3 is 0 Å². The third-order valence-electron chi connectivity index (χ3n) is 4.03. The Bertz CT molecular complexity index is 754. The molecule has 0 saturated heterocycles. The molecular weight excluding hydrogens is 382 g/mol. The zero-order valence-electron chi connectivity index (χ0n) is 12.5. The maximum absolute atomic E-state index is 12.3. The lowest BCUT2D eigenvalue weighted by Crippen LogP contribution is -2.26. The molecule has 1 aliphatic rings. The van der Waals surface area contributed by atoms with Crippen LogP contribution in [0.2, 0.25) is 0 Å². The number of rotatable bonds is 5. The van der Waals surface area contributed by atoms with E-state index >= 15 is 0 Å². The summed E-state index contributed by atoms with van der Waals surface area (Å²) in [6, 6.07) is 6.76. The molecule has 1 saturated carbocycles. The molecule has 7 nitrogen and oxygen atoms in total. The summed E-state index contributed by atoms with van der Waals surface area (Å²) in [5.74, 6) is 0.553. The van der Waals surface area contributed by atoms with E-state index in [9.17, 15) is 8.42 Å². The second-order valence-electron chi connectivity index (χ2n) is 5.61. The van der Waals surface area contributed by atoms with Crippen molar-refractivity contribution in [2.45, 2.75) is 49.6 Å². The van der Waals surface area contributed by atoms with Gasteiger partial charge in [0.25, 0.3) is 0 Å². The SMILES string of the molecule is O=S(=O)(NCc1nnnn1C1CCCCC1)c1ccc(Br)cc1. The minimum absolute atomic E-state index is 0.0852. The van der Waals surface area contributed by atoms with Crippen molar-refractivity contribution < 1.29 is 8.42 Å². The topological polar surface area (TPSA) is 89.8 Å². The van der Waals surface area contributed by atoms with Crippen LogP contribution in [-0.4, -0.2) is 28.6 Å². The predicted octanol–water partition coefficient (Wildman–Crippen LogP) is 2.42. The zero-order valence-corrected chi connectivity index (χ0v) is 14.9. The van der Waals surface area contributed by atoms with Crippen LogP contribution in [0.3, 0.4) is 0 Å². The van der Waals surface area contributed by atoms with E-state index in [-0.39, 0.29) is 17.5 Å². The summed E-state index contributed by atoms with van der Waals surface area (Å²) in [6.45, 7) is 0.0852. The minimum Gasteiger partial charge on any atom is -0.225 e. The number of sulfonamides is 1. The van der Waals surface area contributed by atoms with E-state index in [2.05, 4.69) is 36.2 Å². The molecule has 124 valence electrons. The van der Waals surface area contributed by atoms with Gasteiger partial charge in [0.15, 0.2) is 5.82 Å². The van der Waals surface area contributed by atoms with Crippen molar-refractivity contribution in [2.24, 2.45) is 0 Å². The Morgan fingerprint density at radius 2 is 1.87 bits per heavy atom. The quantitative estimate of drug-likeness (QED) is 0.833. The molecule has 1 aromatic carbocycles. The Morgan fingerprint density at radius 1 is 1.17 bits per heavy atom. The van der Waals surface area contributed by atoms with Crippen LogP contribution < -0.4 is 4.72 Å². The first-order chi connectivity index (χ1) is 11.1. The van der Waals surface area contributed by atoms with Crippen molar-refractivity contribution in [3.8, 4) is 0 Å². The van der Waals surface area contributed by atoms with E-state index in [0.717, 1.165) is 30.2 Å². The van der Waals surface area contributed by atoms with Gasteiger partial charge in [-0.2, -0.15) is 0 Å². The number of halogens is 1. The largest absolute Gasteiger partial charge is 0.240 e. The van der Waals surface area contributed by atoms with Crippen LogP contribution in [0.4, 0.5) is 0 Å². The average molecular weight is 400 g/mol. The molecule has 23 heavy (non-hydrogen) atoms. The number of aromatic nitrogens is 4. The van der Waals surface area contributed by atoms with Gasteiger partial charge in [-0.15, -0.1) is 5.10 Å². The van der Waals surface area contributed by atoms with E-state index < -0.39 is 10.0 Å². The van der Waals surface area contributed by atoms with Gasteiger partial charge in [-0.3, -0.25) is 0 Å². The van der Waals surface area contributed by atoms with E-state index in [4.69, 9.17) is 0 Å². The molecule has 1 N–H and O–H groups in total. The maximum Gasteiger partial charge on any atom is 0.240 e. The van der Waals surface area contributed by atoms with Gasteiger partial charge in [-0.1, -0.05) is 35.2 Å². The highest BCUT2D eigenvalue weighted by Crippen LogP contribution is 2.27. The molecule has 0 spiro atoms. The smallest absolute Gasteiger partial charge is 0.225 e. The second kappa shape index (κ2) is 7.06. The van der Waals surface area contributed by atoms with Crippen LogP contribution in [0.15, 0.2) is 33.6 Å². The summed E-state index contributed by atoms with van der Waals surface area (Å²) in [4.78, 5) is 0.220. The summed E-state index contributed by atoms with van der Waals surface area (Å²) in [6.07, 6.45) is 5.64. The summed E-state index contributed by atoms with van der Waals surface area (Å²) in [5, 5.41) is 11.7. The molecule has 2 aromatic rings. The molecule has 0 atom stereocenters. The number of nitrogens with zero attached hydrogens (tertiary/aromatic N) is 4. The second-order valence-corrected chi connectivity index (χ2v) is 8.29. The van der Waals surface area contributed by atoms with E-state index in [1.165, 1.54) is 6.42 Å². The van der Waals surface area contributed by atoms with Crippen molar-refractivity contribution in [3.05, 3.63) is 34.6 Å². The van der Waals surface area contributed by atoms with Crippen LogP contribution in [0, 0.1) is 0 Å². The molecule has 3 rings (SSSR count). The fourth-order valence-electron chi connectivity index (χ4n) is 2.79. The minimum atomic E-state index is -3.58. The first kappa shape index (κ1) is 16.5. The van der Waals surface area contributed by atoms with Gasteiger partial charge in [0.05, 0.1) is 17.5 Å². The molecule has 0 amide bonds. The normalized spacial score (nSPS) is 16.6. The molecule has 1 aliphatic carbocycles. The lowest BCUT2D eigenvalue weighted by atomic mass is 9.96. The fourth-order valence-corrected chi connectivity index (χ4v) is 4.04. The molecule has 0 aliphatic heterocycles. The fraction of sp³-hybridized carbons (Fsp3) is 0.500. The highest BCUT2D eigenvalue weighted by atomic mass is 79.9. The Labute approximate surface area is 143 Å². The number of nitrogens with one attached hydrogen (secondary N) is 1. The number of hydrogen-bond acceptors (Lipinski definition) is 5. The molecular formula is C14H18BrN5O2S. The van der Waals surface area contributed by atoms with Crippen molar-refractivity contribution >= 4 is 26.0 Å². The van der Waals surface area contributed by atoms with E-state index in [0.29, 0.717) is 5.82 Å². The Morgan fingerprint density at radius 3 is 2.57 bits per heavy atom. The monoisotopic (exact) mass is 399 g/mol. The van der Waals surface area contributed by atoms with Crippen LogP contribution >= 0.6 is 15.9 Å². The molecule has 0 unspecified atom stereocenters. The highest BCUT2D eigenvalue weighted by molar-refractivity contribution is 9.10. The van der Waals surface area contributed by atoms with E-state index in [1.807, 2.05) is 0 Å². The lowest BCUT2D eigenvalue weighted by Gasteiger charge is -2.22. The van der Waals surface area contributed by atoms with Gasteiger partial charge in [0, 0.05) is 4.47 Å². The summed E-state index contributed by atoms with van der Waals surface area (Å²) < 4.78 is 29.8. The summed E-state index contributed by atoms with van der Waals surface area (Å²) in [5.41, 5.74) is 0. The van der Waals surface area contributed by atoms with Crippen molar-refractivity contribution in [2.75, 3.05) is 0 Å². The van der Waals surface area contributed by atoms with Crippen molar-refractivity contribution in [1.29, 1.82) is 0 Å². The number of benzene rings is 1. The third-order valence-corrected chi connectivity index (χ3v) is 5.97. The number of tetrazole rings is 1. The van der Waals surface area contributed by atoms with Crippen LogP contribution in [-0.2, 0) is 16.6 Å². The Kier molecular flexibility index (Phi) is 5.08. The molecule has 0 bridgehead atoms. The van der Waals surface area contributed by atoms with E-state index in [1.54, 1.807) is 28.9 Å². The third kappa shape index (κ3) is 3.96. The van der Waals surface area contributed by atoms with Gasteiger partial charge in [0.2, 0.25) is 10.0 Å². The lowest BCUT2D eigenvalue weighted by molar-refractivity contribution is 0.316. The molecule has 1 fully saturated rings. The standard InChI is InChI=1S/C14H18BrN5O2S/c15-11-6-8-13(9-7-11)23(21,22)16-10-14-17-18-19-20(14)12-4-2-1-3-5-12/h6-9,12,16H,1-5,10H2. The first-order valence-electron chi connectivity index (χ1n) is 7.58. The van der Waals surface area contributed by atoms with Gasteiger partial charge in [-0.25, -0.2) is 17.8 Å². The van der Waals surface area contributed by atoms with Gasteiger partial charge < -0.3 is 0 Å². The van der Waals surface area contributed by atoms with Crippen LogP contribution in [0.5, 0.6) is 0 Å². The molecule has 1 heterocycles. The van der Waals surface area contributed by atoms with Crippen LogP contribution in [0.25, 0.3) is 0 Å². The van der Waals surface area contributed by atoms with Crippen LogP contribution in [0.1, 0.15) is 44.0 Å². The molecule has 0 radical (unpaired) electrons. The van der Waals surface area contributed by atoms with Gasteiger partial charge in [0.1, 0.15) is 0 Å². The Balaban J connectivity index is 1.71. The highest BCUT2D eigenvalue weighted by Gasteiger charge is 2.21. The maximum atomic E-state index is 12.3. The van der Waals surface area contributed by atoms with Crippen molar-refractivity contribution in [1.82, 2.24) is 24.9 Å². The zero-order chi connectivity index (χ0) is 16.3. The summed E-state index contributed by atoms with van der Waals surface area (Å²) in [7, 11) is -3.58. The van der Waals surface area contributed by atoms with Crippen molar-refractivity contribution in [3.63, 3.8) is 0 Å². The molecule has 1 aromatic heterocycles. The summed E-state index contributed by atoms with van der Waals surface area (Å²) >= 11 is 3.29. The average Bonchev–Trinajstić information content (AvgIpc) is 3.03. The number of hydrogen-bond donors (Lipinski definition) is 1. The Hall–Kier alpha value is -1.32.